The summed E-state index contributed by atoms with van der Waals surface area (Å²) in [4.78, 5) is 5.13. The molecule has 3 aromatic rings. The van der Waals surface area contributed by atoms with Gasteiger partial charge in [0.25, 0.3) is 0 Å². The third-order valence-corrected chi connectivity index (χ3v) is 13.5. The van der Waals surface area contributed by atoms with Crippen molar-refractivity contribution < 1.29 is 31.8 Å². The van der Waals surface area contributed by atoms with Crippen molar-refractivity contribution in [3.63, 3.8) is 0 Å². The molecule has 234 valence electrons. The maximum absolute atomic E-state index is 14.2. The van der Waals surface area contributed by atoms with E-state index < -0.39 is 38.1 Å². The summed E-state index contributed by atoms with van der Waals surface area (Å²) in [6.45, 7) is 17.1. The highest BCUT2D eigenvalue weighted by molar-refractivity contribution is 6.74. The van der Waals surface area contributed by atoms with Gasteiger partial charge >= 0.3 is 6.18 Å². The van der Waals surface area contributed by atoms with Crippen LogP contribution >= 0.6 is 0 Å². The van der Waals surface area contributed by atoms with Crippen molar-refractivity contribution in [3.8, 4) is 11.1 Å². The number of rotatable bonds is 7. The highest BCUT2D eigenvalue weighted by atomic mass is 28.4. The molecule has 0 fully saturated rings. The van der Waals surface area contributed by atoms with Crippen LogP contribution in [0, 0.1) is 11.2 Å². The van der Waals surface area contributed by atoms with Gasteiger partial charge in [0, 0.05) is 23.9 Å². The summed E-state index contributed by atoms with van der Waals surface area (Å²) < 4.78 is 67.1. The van der Waals surface area contributed by atoms with Crippen LogP contribution in [0.2, 0.25) is 18.1 Å². The number of hydrogen-bond donors (Lipinski definition) is 1. The van der Waals surface area contributed by atoms with Crippen LogP contribution in [0.4, 0.5) is 17.6 Å². The second-order valence-electron chi connectivity index (χ2n) is 14.0. The number of nitrogens with zero attached hydrogens (tertiary/aromatic N) is 1. The maximum atomic E-state index is 14.2. The van der Waals surface area contributed by atoms with E-state index in [0.717, 1.165) is 23.4 Å². The van der Waals surface area contributed by atoms with Gasteiger partial charge in [0.15, 0.2) is 8.32 Å². The zero-order chi connectivity index (χ0) is 32.1. The van der Waals surface area contributed by atoms with Crippen LogP contribution < -0.4 is 0 Å². The lowest BCUT2D eigenvalue weighted by atomic mass is 9.71. The summed E-state index contributed by atoms with van der Waals surface area (Å²) in [6, 6.07) is 10.6. The van der Waals surface area contributed by atoms with Crippen molar-refractivity contribution in [1.29, 1.82) is 0 Å². The van der Waals surface area contributed by atoms with Gasteiger partial charge in [-0.25, -0.2) is 4.39 Å². The minimum atomic E-state index is -4.51. The third kappa shape index (κ3) is 6.90. The van der Waals surface area contributed by atoms with Crippen LogP contribution in [0.15, 0.2) is 48.5 Å². The largest absolute Gasteiger partial charge is 0.416 e. The number of aliphatic hydroxyl groups is 1. The zero-order valence-electron chi connectivity index (χ0n) is 26.5. The Morgan fingerprint density at radius 2 is 1.58 bits per heavy atom. The van der Waals surface area contributed by atoms with E-state index in [4.69, 9.17) is 14.1 Å². The van der Waals surface area contributed by atoms with Gasteiger partial charge < -0.3 is 14.3 Å². The van der Waals surface area contributed by atoms with Crippen molar-refractivity contribution in [3.05, 3.63) is 88.0 Å². The minimum absolute atomic E-state index is 0.0781. The molecule has 0 bridgehead atoms. The average molecular weight is 618 g/mol. The van der Waals surface area contributed by atoms with Crippen LogP contribution in [0.25, 0.3) is 11.1 Å². The molecule has 1 N–H and O–H groups in total. The second kappa shape index (κ2) is 11.7. The zero-order valence-corrected chi connectivity index (χ0v) is 27.5. The van der Waals surface area contributed by atoms with Gasteiger partial charge in [-0.1, -0.05) is 58.9 Å². The summed E-state index contributed by atoms with van der Waals surface area (Å²) in [5.41, 5.74) is 3.21. The standard InChI is InChI=1S/C34H43F4NO3Si/c1-20(41-7)30-29(31(40)22-10-14-23(15-11-22)34(36,37)38)27(21-12-16-24(35)17-13-21)28-25(39-30)18-33(5,6)19-26(28)42-43(8,9)32(2,3)4/h10-17,20,26,31,40H,18-19H2,1-9H3/t20?,26-,31?/m0/s1. The van der Waals surface area contributed by atoms with Gasteiger partial charge in [-0.15, -0.1) is 0 Å². The van der Waals surface area contributed by atoms with E-state index in [-0.39, 0.29) is 22.1 Å². The molecule has 2 unspecified atom stereocenters. The molecule has 0 spiro atoms. The number of alkyl halides is 3. The van der Waals surface area contributed by atoms with E-state index in [1.165, 1.54) is 24.3 Å². The highest BCUT2D eigenvalue weighted by Crippen LogP contribution is 2.52. The quantitative estimate of drug-likeness (QED) is 0.212. The molecule has 4 rings (SSSR count). The van der Waals surface area contributed by atoms with E-state index in [9.17, 15) is 22.7 Å². The Balaban J connectivity index is 2.07. The lowest BCUT2D eigenvalue weighted by Crippen LogP contribution is -2.44. The van der Waals surface area contributed by atoms with Crippen LogP contribution in [0.5, 0.6) is 0 Å². The van der Waals surface area contributed by atoms with Gasteiger partial charge in [0.05, 0.1) is 23.5 Å². The van der Waals surface area contributed by atoms with E-state index in [0.29, 0.717) is 35.2 Å². The molecule has 0 saturated heterocycles. The molecule has 4 nitrogen and oxygen atoms in total. The smallest absolute Gasteiger partial charge is 0.410 e. The molecule has 2 aromatic carbocycles. The van der Waals surface area contributed by atoms with Crippen LogP contribution in [0.3, 0.4) is 0 Å². The lowest BCUT2D eigenvalue weighted by Gasteiger charge is -2.45. The predicted octanol–water partition coefficient (Wildman–Crippen LogP) is 9.73. The summed E-state index contributed by atoms with van der Waals surface area (Å²) in [5.74, 6) is -0.405. The first kappa shape index (κ1) is 33.3. The van der Waals surface area contributed by atoms with Gasteiger partial charge in [-0.05, 0) is 84.3 Å². The van der Waals surface area contributed by atoms with Gasteiger partial charge in [0.2, 0.25) is 0 Å². The first-order valence-electron chi connectivity index (χ1n) is 14.6. The fourth-order valence-corrected chi connectivity index (χ4v) is 6.84. The molecular formula is C34H43F4NO3Si. The Hall–Kier alpha value is -2.59. The molecule has 1 aliphatic rings. The Morgan fingerprint density at radius 1 is 1.00 bits per heavy atom. The molecule has 3 atom stereocenters. The Morgan fingerprint density at radius 3 is 2.09 bits per heavy atom. The highest BCUT2D eigenvalue weighted by Gasteiger charge is 2.45. The monoisotopic (exact) mass is 617 g/mol. The molecule has 0 saturated carbocycles. The van der Waals surface area contributed by atoms with Gasteiger partial charge in [-0.3, -0.25) is 4.98 Å². The molecule has 1 aliphatic carbocycles. The Labute approximate surface area is 253 Å². The van der Waals surface area contributed by atoms with E-state index in [2.05, 4.69) is 47.7 Å². The first-order chi connectivity index (χ1) is 19.8. The predicted molar refractivity (Wildman–Crippen MR) is 164 cm³/mol. The summed E-state index contributed by atoms with van der Waals surface area (Å²) in [7, 11) is -0.766. The average Bonchev–Trinajstić information content (AvgIpc) is 2.89. The SMILES string of the molecule is COC(C)c1nc2c(c(-c3ccc(F)cc3)c1C(O)c1ccc(C(F)(F)F)cc1)[C@@H](O[Si](C)(C)C(C)(C)C)CC(C)(C)C2. The van der Waals surface area contributed by atoms with Gasteiger partial charge in [-0.2, -0.15) is 13.2 Å². The summed E-state index contributed by atoms with van der Waals surface area (Å²) in [6.07, 6.45) is -5.40. The maximum Gasteiger partial charge on any atom is 0.416 e. The van der Waals surface area contributed by atoms with Crippen LogP contribution in [-0.2, 0) is 21.8 Å². The van der Waals surface area contributed by atoms with Crippen molar-refractivity contribution in [1.82, 2.24) is 4.98 Å². The Kier molecular flexibility index (Phi) is 9.08. The number of aromatic nitrogens is 1. The van der Waals surface area contributed by atoms with E-state index in [1.54, 1.807) is 19.2 Å². The number of ether oxygens (including phenoxy) is 1. The topological polar surface area (TPSA) is 51.6 Å². The number of halogens is 4. The number of fused-ring (bicyclic) bond motifs is 1. The van der Waals surface area contributed by atoms with Crippen molar-refractivity contribution in [2.45, 2.75) is 97.0 Å². The summed E-state index contributed by atoms with van der Waals surface area (Å²) >= 11 is 0. The Bertz CT molecular complexity index is 1440. The molecule has 43 heavy (non-hydrogen) atoms. The number of methoxy groups -OCH3 is 1. The second-order valence-corrected chi connectivity index (χ2v) is 18.7. The number of hydrogen-bond acceptors (Lipinski definition) is 4. The normalized spacial score (nSPS) is 18.7. The number of benzene rings is 2. The molecule has 1 heterocycles. The van der Waals surface area contributed by atoms with E-state index >= 15 is 0 Å². The third-order valence-electron chi connectivity index (χ3n) is 9.03. The first-order valence-corrected chi connectivity index (χ1v) is 17.5. The number of aliphatic hydroxyl groups excluding tert-OH is 1. The van der Waals surface area contributed by atoms with Gasteiger partial charge in [0.1, 0.15) is 11.9 Å². The van der Waals surface area contributed by atoms with Crippen LogP contribution in [-0.4, -0.2) is 25.5 Å². The molecule has 9 heteroatoms. The van der Waals surface area contributed by atoms with Crippen molar-refractivity contribution in [2.24, 2.45) is 5.41 Å². The molecule has 0 amide bonds. The molecule has 0 aliphatic heterocycles. The van der Waals surface area contributed by atoms with Crippen molar-refractivity contribution >= 4 is 8.32 Å². The molecular weight excluding hydrogens is 574 g/mol. The lowest BCUT2D eigenvalue weighted by molar-refractivity contribution is -0.137. The number of pyridine rings is 1. The van der Waals surface area contributed by atoms with Crippen LogP contribution in [0.1, 0.15) is 99.9 Å². The fraction of sp³-hybridized carbons (Fsp3) is 0.500. The summed E-state index contributed by atoms with van der Waals surface area (Å²) in [5, 5.41) is 11.9. The fourth-order valence-electron chi connectivity index (χ4n) is 5.57. The van der Waals surface area contributed by atoms with Crippen molar-refractivity contribution in [2.75, 3.05) is 7.11 Å². The minimum Gasteiger partial charge on any atom is -0.410 e. The molecule has 0 radical (unpaired) electrons. The van der Waals surface area contributed by atoms with E-state index in [1.807, 2.05) is 6.92 Å². The molecule has 1 aromatic heterocycles.